The number of hydrogen-bond acceptors (Lipinski definition) is 6. The van der Waals surface area contributed by atoms with Crippen LogP contribution in [0.4, 0.5) is 5.69 Å². The fourth-order valence-electron chi connectivity index (χ4n) is 4.20. The molecule has 0 aromatic heterocycles. The van der Waals surface area contributed by atoms with Gasteiger partial charge >= 0.3 is 0 Å². The second-order valence-electron chi connectivity index (χ2n) is 8.37. The smallest absolute Gasteiger partial charge is 0.278 e. The normalized spacial score (nSPS) is 17.1. The van der Waals surface area contributed by atoms with Crippen molar-refractivity contribution in [2.75, 3.05) is 51.3 Å². The Labute approximate surface area is 195 Å². The minimum atomic E-state index is -0.294. The van der Waals surface area contributed by atoms with Gasteiger partial charge in [0, 0.05) is 31.9 Å². The van der Waals surface area contributed by atoms with Crippen LogP contribution in [0.25, 0.3) is 5.57 Å². The molecule has 0 spiro atoms. The van der Waals surface area contributed by atoms with E-state index in [1.807, 2.05) is 57.2 Å². The van der Waals surface area contributed by atoms with E-state index in [0.717, 1.165) is 35.7 Å². The van der Waals surface area contributed by atoms with E-state index < -0.39 is 0 Å². The summed E-state index contributed by atoms with van der Waals surface area (Å²) in [5.74, 6) is 0.161. The van der Waals surface area contributed by atoms with Crippen molar-refractivity contribution in [3.05, 3.63) is 64.9 Å². The highest BCUT2D eigenvalue weighted by Gasteiger charge is 2.39. The van der Waals surface area contributed by atoms with Crippen molar-refractivity contribution in [2.24, 2.45) is 0 Å². The standard InChI is InChI=1S/C26H31N3O4/c1-4-33-21-8-6-20(7-9-21)23-24(27-22-10-5-18(2)17-19(22)3)26(31)29(25(23)30)12-11-28-13-15-32-16-14-28/h5-10,17,27H,4,11-16H2,1-3H3. The minimum absolute atomic E-state index is 0.273. The summed E-state index contributed by atoms with van der Waals surface area (Å²) >= 11 is 0. The number of nitrogens with one attached hydrogen (secondary N) is 1. The van der Waals surface area contributed by atoms with Crippen molar-refractivity contribution < 1.29 is 19.1 Å². The van der Waals surface area contributed by atoms with E-state index >= 15 is 0 Å². The molecule has 0 atom stereocenters. The summed E-state index contributed by atoms with van der Waals surface area (Å²) in [6.45, 7) is 10.5. The van der Waals surface area contributed by atoms with Crippen molar-refractivity contribution in [3.63, 3.8) is 0 Å². The van der Waals surface area contributed by atoms with Gasteiger partial charge in [-0.1, -0.05) is 29.8 Å². The zero-order valence-corrected chi connectivity index (χ0v) is 19.5. The highest BCUT2D eigenvalue weighted by Crippen LogP contribution is 2.32. The molecular weight excluding hydrogens is 418 g/mol. The zero-order valence-electron chi connectivity index (χ0n) is 19.5. The predicted molar refractivity (Wildman–Crippen MR) is 128 cm³/mol. The number of benzene rings is 2. The van der Waals surface area contributed by atoms with E-state index in [1.54, 1.807) is 0 Å². The monoisotopic (exact) mass is 449 g/mol. The second kappa shape index (κ2) is 10.2. The van der Waals surface area contributed by atoms with Gasteiger partial charge in [-0.2, -0.15) is 0 Å². The van der Waals surface area contributed by atoms with Crippen LogP contribution >= 0.6 is 0 Å². The van der Waals surface area contributed by atoms with Crippen LogP contribution in [0.3, 0.4) is 0 Å². The largest absolute Gasteiger partial charge is 0.494 e. The van der Waals surface area contributed by atoms with E-state index in [1.165, 1.54) is 4.90 Å². The first kappa shape index (κ1) is 23.0. The Hall–Kier alpha value is -3.16. The first-order chi connectivity index (χ1) is 16.0. The molecule has 2 aromatic rings. The lowest BCUT2D eigenvalue weighted by Crippen LogP contribution is -2.43. The molecule has 0 aliphatic carbocycles. The molecule has 33 heavy (non-hydrogen) atoms. The van der Waals surface area contributed by atoms with Crippen molar-refractivity contribution in [1.82, 2.24) is 9.80 Å². The van der Waals surface area contributed by atoms with Gasteiger partial charge in [-0.3, -0.25) is 19.4 Å². The Balaban J connectivity index is 1.64. The van der Waals surface area contributed by atoms with Crippen LogP contribution in [0.5, 0.6) is 5.75 Å². The molecule has 0 radical (unpaired) electrons. The number of amides is 2. The number of hydrogen-bond donors (Lipinski definition) is 1. The van der Waals surface area contributed by atoms with Gasteiger partial charge in [-0.15, -0.1) is 0 Å². The molecule has 0 bridgehead atoms. The molecule has 2 aliphatic rings. The number of anilines is 1. The molecule has 1 fully saturated rings. The van der Waals surface area contributed by atoms with Crippen LogP contribution in [-0.2, 0) is 14.3 Å². The Bertz CT molecular complexity index is 1060. The molecular formula is C26H31N3O4. The maximum atomic E-state index is 13.5. The maximum Gasteiger partial charge on any atom is 0.278 e. The maximum absolute atomic E-state index is 13.5. The minimum Gasteiger partial charge on any atom is -0.494 e. The summed E-state index contributed by atoms with van der Waals surface area (Å²) in [5, 5.41) is 3.28. The number of carbonyl (C=O) groups is 2. The molecule has 174 valence electrons. The van der Waals surface area contributed by atoms with Crippen LogP contribution in [0.1, 0.15) is 23.6 Å². The number of nitrogens with zero attached hydrogens (tertiary/aromatic N) is 2. The van der Waals surface area contributed by atoms with Gasteiger partial charge in [-0.05, 0) is 50.1 Å². The molecule has 7 nitrogen and oxygen atoms in total. The van der Waals surface area contributed by atoms with Gasteiger partial charge in [0.05, 0.1) is 25.4 Å². The van der Waals surface area contributed by atoms with E-state index in [2.05, 4.69) is 16.3 Å². The highest BCUT2D eigenvalue weighted by molar-refractivity contribution is 6.36. The first-order valence-corrected chi connectivity index (χ1v) is 11.5. The van der Waals surface area contributed by atoms with Crippen LogP contribution in [0, 0.1) is 13.8 Å². The third-order valence-electron chi connectivity index (χ3n) is 6.01. The molecule has 2 aromatic carbocycles. The van der Waals surface area contributed by atoms with Gasteiger partial charge in [0.15, 0.2) is 0 Å². The fourth-order valence-corrected chi connectivity index (χ4v) is 4.20. The van der Waals surface area contributed by atoms with Crippen molar-refractivity contribution in [1.29, 1.82) is 0 Å². The van der Waals surface area contributed by atoms with Crippen LogP contribution in [-0.4, -0.2) is 67.6 Å². The third kappa shape index (κ3) is 5.10. The Morgan fingerprint density at radius 1 is 0.970 bits per heavy atom. The Morgan fingerprint density at radius 2 is 1.70 bits per heavy atom. The van der Waals surface area contributed by atoms with E-state index in [0.29, 0.717) is 49.7 Å². The average molecular weight is 450 g/mol. The van der Waals surface area contributed by atoms with Crippen LogP contribution < -0.4 is 10.1 Å². The van der Waals surface area contributed by atoms with E-state index in [-0.39, 0.29) is 11.8 Å². The molecule has 2 amide bonds. The zero-order chi connectivity index (χ0) is 23.4. The number of ether oxygens (including phenoxy) is 2. The highest BCUT2D eigenvalue weighted by atomic mass is 16.5. The fraction of sp³-hybridized carbons (Fsp3) is 0.385. The molecule has 4 rings (SSSR count). The van der Waals surface area contributed by atoms with Gasteiger partial charge in [0.2, 0.25) is 0 Å². The van der Waals surface area contributed by atoms with Gasteiger partial charge in [-0.25, -0.2) is 0 Å². The first-order valence-electron chi connectivity index (χ1n) is 11.5. The van der Waals surface area contributed by atoms with E-state index in [4.69, 9.17) is 9.47 Å². The Kier molecular flexibility index (Phi) is 7.11. The molecule has 0 unspecified atom stereocenters. The molecule has 2 heterocycles. The summed E-state index contributed by atoms with van der Waals surface area (Å²) < 4.78 is 10.9. The Morgan fingerprint density at radius 3 is 2.36 bits per heavy atom. The lowest BCUT2D eigenvalue weighted by molar-refractivity contribution is -0.137. The second-order valence-corrected chi connectivity index (χ2v) is 8.37. The molecule has 2 aliphatic heterocycles. The number of carbonyl (C=O) groups excluding carboxylic acids is 2. The predicted octanol–water partition coefficient (Wildman–Crippen LogP) is 3.23. The van der Waals surface area contributed by atoms with Crippen LogP contribution in [0.15, 0.2) is 48.2 Å². The summed E-state index contributed by atoms with van der Waals surface area (Å²) in [6, 6.07) is 13.3. The lowest BCUT2D eigenvalue weighted by atomic mass is 10.0. The van der Waals surface area contributed by atoms with E-state index in [9.17, 15) is 9.59 Å². The average Bonchev–Trinajstić information content (AvgIpc) is 3.04. The van der Waals surface area contributed by atoms with Crippen molar-refractivity contribution in [2.45, 2.75) is 20.8 Å². The van der Waals surface area contributed by atoms with Gasteiger partial charge in [0.1, 0.15) is 11.4 Å². The summed E-state index contributed by atoms with van der Waals surface area (Å²) in [5.41, 5.74) is 4.37. The molecule has 7 heteroatoms. The van der Waals surface area contributed by atoms with Crippen molar-refractivity contribution >= 4 is 23.1 Å². The van der Waals surface area contributed by atoms with Crippen molar-refractivity contribution in [3.8, 4) is 5.75 Å². The summed E-state index contributed by atoms with van der Waals surface area (Å²) in [6.07, 6.45) is 0. The summed E-state index contributed by atoms with van der Waals surface area (Å²) in [7, 11) is 0. The van der Waals surface area contributed by atoms with Gasteiger partial charge < -0.3 is 14.8 Å². The van der Waals surface area contributed by atoms with Crippen LogP contribution in [0.2, 0.25) is 0 Å². The summed E-state index contributed by atoms with van der Waals surface area (Å²) in [4.78, 5) is 30.5. The third-order valence-corrected chi connectivity index (χ3v) is 6.01. The number of morpholine rings is 1. The quantitative estimate of drug-likeness (QED) is 0.624. The molecule has 0 saturated carbocycles. The number of rotatable bonds is 8. The van der Waals surface area contributed by atoms with Gasteiger partial charge in [0.25, 0.3) is 11.8 Å². The molecule has 1 saturated heterocycles. The number of imide groups is 1. The molecule has 1 N–H and O–H groups in total. The topological polar surface area (TPSA) is 71.1 Å². The number of aryl methyl sites for hydroxylation is 2. The SMILES string of the molecule is CCOc1ccc(C2=C(Nc3ccc(C)cc3C)C(=O)N(CCN3CCOCC3)C2=O)cc1. The lowest BCUT2D eigenvalue weighted by Gasteiger charge is -2.28.